The molecule has 1 aromatic rings. The molecule has 0 aliphatic carbocycles. The van der Waals surface area contributed by atoms with E-state index in [0.29, 0.717) is 11.3 Å². The summed E-state index contributed by atoms with van der Waals surface area (Å²) in [4.78, 5) is 6.64. The van der Waals surface area contributed by atoms with Crippen molar-refractivity contribution < 1.29 is 4.39 Å². The van der Waals surface area contributed by atoms with Crippen molar-refractivity contribution in [3.05, 3.63) is 29.6 Å². The van der Waals surface area contributed by atoms with E-state index in [1.54, 1.807) is 12.1 Å². The topological polar surface area (TPSA) is 59.6 Å². The van der Waals surface area contributed by atoms with E-state index in [9.17, 15) is 4.39 Å². The zero-order valence-corrected chi connectivity index (χ0v) is 12.8. The molecular formula is C15H24FN5. The van der Waals surface area contributed by atoms with E-state index in [0.717, 1.165) is 39.3 Å². The van der Waals surface area contributed by atoms with E-state index < -0.39 is 0 Å². The quantitative estimate of drug-likeness (QED) is 0.622. The molecule has 2 rings (SSSR count). The summed E-state index contributed by atoms with van der Waals surface area (Å²) in [6.45, 7) is 5.63. The highest BCUT2D eigenvalue weighted by Gasteiger charge is 2.19. The van der Waals surface area contributed by atoms with Crippen LogP contribution in [-0.4, -0.2) is 69.0 Å². The largest absolute Gasteiger partial charge is 0.384 e. The van der Waals surface area contributed by atoms with Crippen molar-refractivity contribution in [3.8, 4) is 0 Å². The average Bonchev–Trinajstić information content (AvgIpc) is 2.45. The first kappa shape index (κ1) is 15.7. The fourth-order valence-corrected chi connectivity index (χ4v) is 2.48. The van der Waals surface area contributed by atoms with Gasteiger partial charge in [-0.3, -0.25) is 10.3 Å². The van der Waals surface area contributed by atoms with E-state index in [4.69, 9.17) is 11.1 Å². The second-order valence-corrected chi connectivity index (χ2v) is 5.71. The molecule has 116 valence electrons. The Morgan fingerprint density at radius 2 is 1.95 bits per heavy atom. The molecule has 1 heterocycles. The fourth-order valence-electron chi connectivity index (χ4n) is 2.48. The summed E-state index contributed by atoms with van der Waals surface area (Å²) in [5.41, 5.74) is 6.41. The minimum absolute atomic E-state index is 0.103. The molecule has 1 fully saturated rings. The van der Waals surface area contributed by atoms with Gasteiger partial charge < -0.3 is 15.5 Å². The Kier molecular flexibility index (Phi) is 5.14. The molecule has 3 N–H and O–H groups in total. The Morgan fingerprint density at radius 1 is 1.29 bits per heavy atom. The number of nitrogens with two attached hydrogens (primary N) is 1. The van der Waals surface area contributed by atoms with Crippen molar-refractivity contribution >= 4 is 11.5 Å². The van der Waals surface area contributed by atoms with Crippen LogP contribution in [-0.2, 0) is 0 Å². The summed E-state index contributed by atoms with van der Waals surface area (Å²) in [7, 11) is 4.14. The van der Waals surface area contributed by atoms with Gasteiger partial charge in [-0.25, -0.2) is 4.39 Å². The number of piperazine rings is 1. The van der Waals surface area contributed by atoms with Crippen molar-refractivity contribution in [2.45, 2.75) is 0 Å². The third kappa shape index (κ3) is 4.15. The lowest BCUT2D eigenvalue weighted by atomic mass is 10.1. The number of benzene rings is 1. The molecule has 0 bridgehead atoms. The van der Waals surface area contributed by atoms with E-state index >= 15 is 0 Å². The van der Waals surface area contributed by atoms with Gasteiger partial charge >= 0.3 is 0 Å². The number of hydrogen-bond acceptors (Lipinski definition) is 4. The molecule has 0 saturated carbocycles. The Balaban J connectivity index is 1.94. The van der Waals surface area contributed by atoms with E-state index in [1.165, 1.54) is 6.07 Å². The number of anilines is 1. The molecule has 1 aliphatic rings. The Hall–Kier alpha value is -1.66. The second kappa shape index (κ2) is 6.87. The average molecular weight is 293 g/mol. The van der Waals surface area contributed by atoms with Crippen LogP contribution < -0.4 is 10.6 Å². The van der Waals surface area contributed by atoms with E-state index in [-0.39, 0.29) is 11.7 Å². The minimum atomic E-state index is -0.301. The second-order valence-electron chi connectivity index (χ2n) is 5.71. The van der Waals surface area contributed by atoms with Crippen LogP contribution in [0.3, 0.4) is 0 Å². The van der Waals surface area contributed by atoms with Gasteiger partial charge in [0.05, 0.1) is 5.69 Å². The predicted octanol–water partition coefficient (Wildman–Crippen LogP) is 0.793. The molecule has 21 heavy (non-hydrogen) atoms. The molecule has 0 amide bonds. The van der Waals surface area contributed by atoms with Gasteiger partial charge in [0.1, 0.15) is 11.7 Å². The van der Waals surface area contributed by atoms with Crippen molar-refractivity contribution in [1.82, 2.24) is 9.80 Å². The molecule has 0 radical (unpaired) electrons. The van der Waals surface area contributed by atoms with Gasteiger partial charge in [0, 0.05) is 44.8 Å². The summed E-state index contributed by atoms with van der Waals surface area (Å²) in [6.07, 6.45) is 0. The Morgan fingerprint density at radius 3 is 2.48 bits per heavy atom. The van der Waals surface area contributed by atoms with Crippen molar-refractivity contribution in [3.63, 3.8) is 0 Å². The molecule has 0 spiro atoms. The van der Waals surface area contributed by atoms with Crippen molar-refractivity contribution in [2.24, 2.45) is 5.73 Å². The zero-order valence-electron chi connectivity index (χ0n) is 12.8. The number of hydrogen-bond donors (Lipinski definition) is 2. The molecule has 0 aromatic heterocycles. The first-order chi connectivity index (χ1) is 9.97. The fraction of sp³-hybridized carbons (Fsp3) is 0.533. The van der Waals surface area contributed by atoms with Gasteiger partial charge in [-0.05, 0) is 32.3 Å². The van der Waals surface area contributed by atoms with Gasteiger partial charge in [-0.15, -0.1) is 0 Å². The number of nitrogens with zero attached hydrogens (tertiary/aromatic N) is 3. The SMILES string of the molecule is CN(C)CCN1CCN(c2ccc(C(=N)N)cc2F)CC1. The molecule has 1 aromatic carbocycles. The van der Waals surface area contributed by atoms with E-state index in [2.05, 4.69) is 28.8 Å². The maximum atomic E-state index is 14.1. The Labute approximate surface area is 125 Å². The van der Waals surface area contributed by atoms with Crippen LogP contribution in [0.4, 0.5) is 10.1 Å². The van der Waals surface area contributed by atoms with Gasteiger partial charge in [0.15, 0.2) is 0 Å². The third-order valence-corrected chi connectivity index (χ3v) is 3.84. The summed E-state index contributed by atoms with van der Waals surface area (Å²) < 4.78 is 14.1. The molecule has 0 atom stereocenters. The Bertz CT molecular complexity index is 495. The number of rotatable bonds is 5. The first-order valence-electron chi connectivity index (χ1n) is 7.23. The van der Waals surface area contributed by atoms with Gasteiger partial charge in [-0.1, -0.05) is 0 Å². The number of amidine groups is 1. The van der Waals surface area contributed by atoms with Crippen LogP contribution in [0, 0.1) is 11.2 Å². The van der Waals surface area contributed by atoms with Gasteiger partial charge in [0.25, 0.3) is 0 Å². The molecule has 0 unspecified atom stereocenters. The smallest absolute Gasteiger partial charge is 0.147 e. The van der Waals surface area contributed by atoms with Crippen molar-refractivity contribution in [1.29, 1.82) is 5.41 Å². The van der Waals surface area contributed by atoms with Crippen molar-refractivity contribution in [2.75, 3.05) is 58.3 Å². The minimum Gasteiger partial charge on any atom is -0.384 e. The first-order valence-corrected chi connectivity index (χ1v) is 7.23. The highest BCUT2D eigenvalue weighted by Crippen LogP contribution is 2.21. The normalized spacial score (nSPS) is 16.5. The third-order valence-electron chi connectivity index (χ3n) is 3.84. The number of likely N-dealkylation sites (N-methyl/N-ethyl adjacent to an activating group) is 1. The molecule has 6 heteroatoms. The zero-order chi connectivity index (χ0) is 15.4. The van der Waals surface area contributed by atoms with Crippen LogP contribution in [0.5, 0.6) is 0 Å². The number of nitrogen functional groups attached to an aromatic ring is 1. The lowest BCUT2D eigenvalue weighted by molar-refractivity contribution is 0.229. The van der Waals surface area contributed by atoms with Gasteiger partial charge in [0.2, 0.25) is 0 Å². The predicted molar refractivity (Wildman–Crippen MR) is 84.6 cm³/mol. The number of nitrogens with one attached hydrogen (secondary N) is 1. The lowest BCUT2D eigenvalue weighted by Gasteiger charge is -2.36. The highest BCUT2D eigenvalue weighted by molar-refractivity contribution is 5.95. The van der Waals surface area contributed by atoms with Crippen LogP contribution >= 0.6 is 0 Å². The van der Waals surface area contributed by atoms with Crippen LogP contribution in [0.1, 0.15) is 5.56 Å². The van der Waals surface area contributed by atoms with Gasteiger partial charge in [-0.2, -0.15) is 0 Å². The summed E-state index contributed by atoms with van der Waals surface area (Å²) in [5, 5.41) is 7.34. The van der Waals surface area contributed by atoms with Crippen LogP contribution in [0.25, 0.3) is 0 Å². The van der Waals surface area contributed by atoms with E-state index in [1.807, 2.05) is 0 Å². The maximum Gasteiger partial charge on any atom is 0.147 e. The molecule has 5 nitrogen and oxygen atoms in total. The number of halogens is 1. The molecular weight excluding hydrogens is 269 g/mol. The maximum absolute atomic E-state index is 14.1. The molecule has 1 aliphatic heterocycles. The summed E-state index contributed by atoms with van der Waals surface area (Å²) >= 11 is 0. The molecule has 1 saturated heterocycles. The summed E-state index contributed by atoms with van der Waals surface area (Å²) in [5.74, 6) is -0.404. The summed E-state index contributed by atoms with van der Waals surface area (Å²) in [6, 6.07) is 4.77. The van der Waals surface area contributed by atoms with Crippen LogP contribution in [0.2, 0.25) is 0 Å². The lowest BCUT2D eigenvalue weighted by Crippen LogP contribution is -2.48. The highest BCUT2D eigenvalue weighted by atomic mass is 19.1. The monoisotopic (exact) mass is 293 g/mol. The van der Waals surface area contributed by atoms with Crippen LogP contribution in [0.15, 0.2) is 18.2 Å². The standard InChI is InChI=1S/C15H24FN5/c1-19(2)5-6-20-7-9-21(10-8-20)14-4-3-12(15(17)18)11-13(14)16/h3-4,11H,5-10H2,1-2H3,(H3,17,18).